The van der Waals surface area contributed by atoms with Crippen LogP contribution in [0.5, 0.6) is 0 Å². The molecule has 1 fully saturated rings. The third-order valence-corrected chi connectivity index (χ3v) is 3.69. The first-order valence-electron chi connectivity index (χ1n) is 5.81. The normalized spacial score (nSPS) is 16.4. The third kappa shape index (κ3) is 2.75. The highest BCUT2D eigenvalue weighted by molar-refractivity contribution is 14.1. The number of thiocarbonyl (C=S) groups is 1. The fourth-order valence-electron chi connectivity index (χ4n) is 1.82. The highest BCUT2D eigenvalue weighted by Crippen LogP contribution is 2.24. The number of hydrogen-bond donors (Lipinski definition) is 2. The van der Waals surface area contributed by atoms with Crippen molar-refractivity contribution in [1.82, 2.24) is 10.6 Å². The lowest BCUT2D eigenvalue weighted by Crippen LogP contribution is -2.21. The maximum Gasteiger partial charge on any atom is 0.274 e. The van der Waals surface area contributed by atoms with E-state index in [1.807, 2.05) is 36.4 Å². The molecule has 0 spiro atoms. The molecule has 0 unspecified atom stereocenters. The molecular formula is C14H9IN2O2S. The van der Waals surface area contributed by atoms with Crippen LogP contribution in [0, 0.1) is 3.57 Å². The van der Waals surface area contributed by atoms with E-state index < -0.39 is 0 Å². The van der Waals surface area contributed by atoms with Crippen LogP contribution in [-0.2, 0) is 4.79 Å². The van der Waals surface area contributed by atoms with Crippen LogP contribution >= 0.6 is 34.8 Å². The number of carbonyl (C=O) groups is 1. The second kappa shape index (κ2) is 5.37. The van der Waals surface area contributed by atoms with E-state index >= 15 is 0 Å². The molecule has 0 saturated carbocycles. The Morgan fingerprint density at radius 3 is 2.50 bits per heavy atom. The summed E-state index contributed by atoms with van der Waals surface area (Å²) in [6.45, 7) is 0. The van der Waals surface area contributed by atoms with Gasteiger partial charge in [0.25, 0.3) is 5.91 Å². The predicted molar refractivity (Wildman–Crippen MR) is 88.7 cm³/mol. The van der Waals surface area contributed by atoms with Gasteiger partial charge in [0.2, 0.25) is 0 Å². The van der Waals surface area contributed by atoms with Gasteiger partial charge in [0.15, 0.2) is 5.11 Å². The monoisotopic (exact) mass is 396 g/mol. The summed E-state index contributed by atoms with van der Waals surface area (Å²) in [7, 11) is 0. The van der Waals surface area contributed by atoms with Crippen LogP contribution in [0.4, 0.5) is 0 Å². The molecule has 1 aliphatic heterocycles. The summed E-state index contributed by atoms with van der Waals surface area (Å²) in [5.74, 6) is 1.11. The Morgan fingerprint density at radius 2 is 1.85 bits per heavy atom. The summed E-state index contributed by atoms with van der Waals surface area (Å²) in [6, 6.07) is 11.7. The minimum atomic E-state index is -0.248. The number of rotatable bonds is 2. The van der Waals surface area contributed by atoms with E-state index in [0.29, 0.717) is 16.6 Å². The molecule has 1 aromatic heterocycles. The minimum Gasteiger partial charge on any atom is -0.457 e. The van der Waals surface area contributed by atoms with Gasteiger partial charge < -0.3 is 9.73 Å². The van der Waals surface area contributed by atoms with Gasteiger partial charge in [-0.15, -0.1) is 0 Å². The molecule has 0 atom stereocenters. The van der Waals surface area contributed by atoms with E-state index in [2.05, 4.69) is 33.2 Å². The van der Waals surface area contributed by atoms with Crippen LogP contribution in [0.25, 0.3) is 17.4 Å². The zero-order valence-electron chi connectivity index (χ0n) is 10.1. The van der Waals surface area contributed by atoms with Crippen LogP contribution in [0.1, 0.15) is 5.76 Å². The van der Waals surface area contributed by atoms with Crippen molar-refractivity contribution in [2.45, 2.75) is 0 Å². The molecule has 6 heteroatoms. The van der Waals surface area contributed by atoms with Gasteiger partial charge in [0, 0.05) is 15.2 Å². The fourth-order valence-corrected chi connectivity index (χ4v) is 2.39. The maximum atomic E-state index is 11.5. The van der Waals surface area contributed by atoms with Gasteiger partial charge in [-0.25, -0.2) is 0 Å². The number of benzene rings is 1. The zero-order chi connectivity index (χ0) is 14.1. The van der Waals surface area contributed by atoms with Crippen LogP contribution in [-0.4, -0.2) is 11.0 Å². The summed E-state index contributed by atoms with van der Waals surface area (Å²) >= 11 is 7.12. The smallest absolute Gasteiger partial charge is 0.274 e. The fraction of sp³-hybridized carbons (Fsp3) is 0. The van der Waals surface area contributed by atoms with Crippen LogP contribution in [0.2, 0.25) is 0 Å². The maximum absolute atomic E-state index is 11.5. The quantitative estimate of drug-likeness (QED) is 0.466. The van der Waals surface area contributed by atoms with Crippen molar-refractivity contribution in [2.75, 3.05) is 0 Å². The summed E-state index contributed by atoms with van der Waals surface area (Å²) in [4.78, 5) is 11.5. The van der Waals surface area contributed by atoms with Gasteiger partial charge in [0.05, 0.1) is 0 Å². The van der Waals surface area contributed by atoms with Crippen molar-refractivity contribution < 1.29 is 9.21 Å². The number of carbonyl (C=O) groups excluding carboxylic acids is 1. The summed E-state index contributed by atoms with van der Waals surface area (Å²) in [5.41, 5.74) is 1.38. The van der Waals surface area contributed by atoms with Gasteiger partial charge in [-0.2, -0.15) is 0 Å². The molecule has 2 aromatic rings. The Kier molecular flexibility index (Phi) is 3.58. The lowest BCUT2D eigenvalue weighted by atomic mass is 10.2. The molecule has 1 saturated heterocycles. The Labute approximate surface area is 134 Å². The molecule has 0 aliphatic carbocycles. The molecule has 1 amide bonds. The molecule has 3 rings (SSSR count). The first-order chi connectivity index (χ1) is 9.61. The van der Waals surface area contributed by atoms with E-state index in [1.165, 1.54) is 3.57 Å². The van der Waals surface area contributed by atoms with Crippen molar-refractivity contribution in [3.63, 3.8) is 0 Å². The summed E-state index contributed by atoms with van der Waals surface area (Å²) < 4.78 is 6.88. The van der Waals surface area contributed by atoms with E-state index in [-0.39, 0.29) is 5.91 Å². The molecule has 100 valence electrons. The lowest BCUT2D eigenvalue weighted by Gasteiger charge is -1.97. The number of furan rings is 1. The van der Waals surface area contributed by atoms with E-state index in [4.69, 9.17) is 16.6 Å². The van der Waals surface area contributed by atoms with E-state index in [9.17, 15) is 4.79 Å². The molecule has 4 nitrogen and oxygen atoms in total. The van der Waals surface area contributed by atoms with E-state index in [0.717, 1.165) is 11.3 Å². The molecule has 1 aromatic carbocycles. The largest absolute Gasteiger partial charge is 0.457 e. The van der Waals surface area contributed by atoms with Crippen molar-refractivity contribution in [1.29, 1.82) is 0 Å². The third-order valence-electron chi connectivity index (χ3n) is 2.76. The Balaban J connectivity index is 1.87. The Bertz CT molecular complexity index is 719. The second-order valence-electron chi connectivity index (χ2n) is 4.18. The topological polar surface area (TPSA) is 54.3 Å². The average Bonchev–Trinajstić information content (AvgIpc) is 2.98. The van der Waals surface area contributed by atoms with Crippen molar-refractivity contribution in [3.8, 4) is 11.3 Å². The zero-order valence-corrected chi connectivity index (χ0v) is 13.1. The van der Waals surface area contributed by atoms with Gasteiger partial charge in [-0.3, -0.25) is 10.1 Å². The van der Waals surface area contributed by atoms with Crippen molar-refractivity contribution in [3.05, 3.63) is 51.4 Å². The molecule has 1 aliphatic rings. The highest BCUT2D eigenvalue weighted by atomic mass is 127. The predicted octanol–water partition coefficient (Wildman–Crippen LogP) is 2.90. The van der Waals surface area contributed by atoms with Gasteiger partial charge in [-0.1, -0.05) is 12.1 Å². The Morgan fingerprint density at radius 1 is 1.10 bits per heavy atom. The summed E-state index contributed by atoms with van der Waals surface area (Å²) in [6.07, 6.45) is 1.63. The molecule has 2 heterocycles. The van der Waals surface area contributed by atoms with Gasteiger partial charge in [0.1, 0.15) is 17.2 Å². The SMILES string of the molecule is O=C1NC(=S)N/C1=C\c1ccc(-c2ccc(I)cc2)o1. The number of halogens is 1. The van der Waals surface area contributed by atoms with Crippen LogP contribution in [0.15, 0.2) is 46.5 Å². The van der Waals surface area contributed by atoms with Gasteiger partial charge >= 0.3 is 0 Å². The lowest BCUT2D eigenvalue weighted by molar-refractivity contribution is -0.115. The molecular weight excluding hydrogens is 387 g/mol. The first kappa shape index (κ1) is 13.3. The standard InChI is InChI=1S/C14H9IN2O2S/c15-9-3-1-8(2-4-9)12-6-5-10(19-12)7-11-13(18)17-14(20)16-11/h1-7H,(H2,16,17,18,20)/b11-7-. The number of amides is 1. The van der Waals surface area contributed by atoms with Crippen molar-refractivity contribution >= 4 is 51.9 Å². The first-order valence-corrected chi connectivity index (χ1v) is 7.30. The van der Waals surface area contributed by atoms with Crippen LogP contribution < -0.4 is 10.6 Å². The van der Waals surface area contributed by atoms with Crippen molar-refractivity contribution in [2.24, 2.45) is 0 Å². The number of nitrogens with one attached hydrogen (secondary N) is 2. The minimum absolute atomic E-state index is 0.248. The summed E-state index contributed by atoms with van der Waals surface area (Å²) in [5, 5.41) is 5.59. The number of hydrogen-bond acceptors (Lipinski definition) is 3. The average molecular weight is 396 g/mol. The van der Waals surface area contributed by atoms with Crippen LogP contribution in [0.3, 0.4) is 0 Å². The highest BCUT2D eigenvalue weighted by Gasteiger charge is 2.20. The van der Waals surface area contributed by atoms with Gasteiger partial charge in [-0.05, 0) is 59.1 Å². The molecule has 20 heavy (non-hydrogen) atoms. The Hall–Kier alpha value is -1.67. The molecule has 2 N–H and O–H groups in total. The molecule has 0 bridgehead atoms. The second-order valence-corrected chi connectivity index (χ2v) is 5.83. The van der Waals surface area contributed by atoms with E-state index in [1.54, 1.807) is 6.08 Å². The molecule has 0 radical (unpaired) electrons.